The summed E-state index contributed by atoms with van der Waals surface area (Å²) in [4.78, 5) is 4.26. The molecule has 3 N–H and O–H groups in total. The topological polar surface area (TPSA) is 78.0 Å². The summed E-state index contributed by atoms with van der Waals surface area (Å²) < 4.78 is 6.78. The summed E-state index contributed by atoms with van der Waals surface area (Å²) in [6.07, 6.45) is 3.21. The Hall–Kier alpha value is -1.18. The van der Waals surface area contributed by atoms with Crippen molar-refractivity contribution in [3.8, 4) is 0 Å². The van der Waals surface area contributed by atoms with E-state index >= 15 is 0 Å². The second-order valence-electron chi connectivity index (χ2n) is 4.06. The Labute approximate surface area is 126 Å². The van der Waals surface area contributed by atoms with Gasteiger partial charge in [0, 0.05) is 13.3 Å². The third-order valence-corrected chi connectivity index (χ3v) is 3.45. The van der Waals surface area contributed by atoms with E-state index in [9.17, 15) is 0 Å². The summed E-state index contributed by atoms with van der Waals surface area (Å²) in [6, 6.07) is 3.05. The van der Waals surface area contributed by atoms with E-state index in [1.807, 2.05) is 0 Å². The van der Waals surface area contributed by atoms with Gasteiger partial charge in [-0.1, -0.05) is 23.2 Å². The third kappa shape index (κ3) is 3.11. The summed E-state index contributed by atoms with van der Waals surface area (Å²) in [7, 11) is 1.62. The van der Waals surface area contributed by atoms with Crippen LogP contribution < -0.4 is 11.3 Å². The predicted octanol–water partition coefficient (Wildman–Crippen LogP) is 1.78. The molecule has 0 aliphatic heterocycles. The molecule has 2 rings (SSSR count). The van der Waals surface area contributed by atoms with Crippen LogP contribution in [0.15, 0.2) is 24.5 Å². The Morgan fingerprint density at radius 1 is 1.45 bits per heavy atom. The van der Waals surface area contributed by atoms with E-state index in [0.29, 0.717) is 34.6 Å². The molecule has 0 aliphatic rings. The van der Waals surface area contributed by atoms with E-state index < -0.39 is 6.04 Å². The summed E-state index contributed by atoms with van der Waals surface area (Å²) in [5, 5.41) is 5.21. The Morgan fingerprint density at radius 3 is 2.90 bits per heavy atom. The molecule has 0 radical (unpaired) electrons. The van der Waals surface area contributed by atoms with Crippen LogP contribution in [0.2, 0.25) is 10.0 Å². The number of nitrogens with two attached hydrogens (primary N) is 1. The van der Waals surface area contributed by atoms with Gasteiger partial charge in [0.25, 0.3) is 0 Å². The Balaban J connectivity index is 2.42. The highest BCUT2D eigenvalue weighted by Crippen LogP contribution is 2.30. The highest BCUT2D eigenvalue weighted by molar-refractivity contribution is 6.32. The molecule has 0 aromatic carbocycles. The zero-order valence-corrected chi connectivity index (χ0v) is 12.4. The third-order valence-electron chi connectivity index (χ3n) is 2.84. The minimum atomic E-state index is -0.449. The number of ether oxygens (including phenoxy) is 1. The largest absolute Gasteiger partial charge is 0.383 e. The zero-order chi connectivity index (χ0) is 14.5. The van der Waals surface area contributed by atoms with E-state index in [-0.39, 0.29) is 0 Å². The average Bonchev–Trinajstić information content (AvgIpc) is 2.81. The number of hydrogen-bond donors (Lipinski definition) is 2. The SMILES string of the molecule is COCCn1ncc(Cl)c1C(NN)c1ncccc1Cl. The van der Waals surface area contributed by atoms with Crippen molar-refractivity contribution in [1.82, 2.24) is 20.2 Å². The van der Waals surface area contributed by atoms with Gasteiger partial charge in [-0.3, -0.25) is 15.5 Å². The molecule has 1 atom stereocenters. The van der Waals surface area contributed by atoms with Gasteiger partial charge in [-0.25, -0.2) is 5.43 Å². The minimum Gasteiger partial charge on any atom is -0.383 e. The Morgan fingerprint density at radius 2 is 2.25 bits per heavy atom. The van der Waals surface area contributed by atoms with Crippen LogP contribution in [0.1, 0.15) is 17.4 Å². The smallest absolute Gasteiger partial charge is 0.108 e. The summed E-state index contributed by atoms with van der Waals surface area (Å²) in [5.74, 6) is 5.65. The van der Waals surface area contributed by atoms with Crippen LogP contribution in [0.5, 0.6) is 0 Å². The molecule has 20 heavy (non-hydrogen) atoms. The van der Waals surface area contributed by atoms with Crippen LogP contribution in [0, 0.1) is 0 Å². The zero-order valence-electron chi connectivity index (χ0n) is 10.9. The van der Waals surface area contributed by atoms with Gasteiger partial charge in [-0.05, 0) is 12.1 Å². The predicted molar refractivity (Wildman–Crippen MR) is 77.5 cm³/mol. The Kier molecular flexibility index (Phi) is 5.33. The van der Waals surface area contributed by atoms with E-state index in [1.165, 1.54) is 0 Å². The first-order valence-corrected chi connectivity index (χ1v) is 6.71. The van der Waals surface area contributed by atoms with E-state index in [2.05, 4.69) is 15.5 Å². The standard InChI is InChI=1S/C12H15Cl2N5O/c1-20-6-5-19-12(9(14)7-17-19)11(18-15)10-8(13)3-2-4-16-10/h2-4,7,11,18H,5-6,15H2,1H3. The van der Waals surface area contributed by atoms with Gasteiger partial charge in [-0.15, -0.1) is 0 Å². The fourth-order valence-electron chi connectivity index (χ4n) is 1.91. The first kappa shape index (κ1) is 15.2. The van der Waals surface area contributed by atoms with Crippen molar-refractivity contribution < 1.29 is 4.74 Å². The molecule has 6 nitrogen and oxygen atoms in total. The molecule has 0 saturated carbocycles. The number of hydrogen-bond acceptors (Lipinski definition) is 5. The maximum atomic E-state index is 6.21. The lowest BCUT2D eigenvalue weighted by atomic mass is 10.1. The normalized spacial score (nSPS) is 12.6. The maximum absolute atomic E-state index is 6.21. The van der Waals surface area contributed by atoms with E-state index in [4.69, 9.17) is 33.8 Å². The second kappa shape index (κ2) is 7.01. The van der Waals surface area contributed by atoms with Crippen LogP contribution in [-0.2, 0) is 11.3 Å². The lowest BCUT2D eigenvalue weighted by molar-refractivity contribution is 0.182. The number of aromatic nitrogens is 3. The molecule has 2 heterocycles. The molecule has 0 saturated heterocycles. The molecule has 0 bridgehead atoms. The molecule has 2 aromatic rings. The number of hydrazine groups is 1. The van der Waals surface area contributed by atoms with Gasteiger partial charge in [-0.2, -0.15) is 5.10 Å². The average molecular weight is 316 g/mol. The van der Waals surface area contributed by atoms with Crippen molar-refractivity contribution in [3.05, 3.63) is 46.0 Å². The van der Waals surface area contributed by atoms with Gasteiger partial charge in [0.1, 0.15) is 6.04 Å². The summed E-state index contributed by atoms with van der Waals surface area (Å²) in [6.45, 7) is 1.07. The lowest BCUT2D eigenvalue weighted by Gasteiger charge is -2.18. The van der Waals surface area contributed by atoms with Crippen LogP contribution in [0.25, 0.3) is 0 Å². The van der Waals surface area contributed by atoms with Gasteiger partial charge >= 0.3 is 0 Å². The monoisotopic (exact) mass is 315 g/mol. The molecule has 0 spiro atoms. The molecule has 108 valence electrons. The fourth-order valence-corrected chi connectivity index (χ4v) is 2.39. The van der Waals surface area contributed by atoms with Crippen molar-refractivity contribution in [1.29, 1.82) is 0 Å². The van der Waals surface area contributed by atoms with Crippen molar-refractivity contribution in [2.45, 2.75) is 12.6 Å². The molecule has 8 heteroatoms. The minimum absolute atomic E-state index is 0.449. The summed E-state index contributed by atoms with van der Waals surface area (Å²) in [5.41, 5.74) is 3.98. The number of halogens is 2. The van der Waals surface area contributed by atoms with Crippen molar-refractivity contribution in [2.24, 2.45) is 5.84 Å². The van der Waals surface area contributed by atoms with E-state index in [1.54, 1.807) is 36.3 Å². The quantitative estimate of drug-likeness (QED) is 0.627. The molecule has 0 amide bonds. The number of rotatable bonds is 6. The lowest BCUT2D eigenvalue weighted by Crippen LogP contribution is -2.32. The van der Waals surface area contributed by atoms with Crippen molar-refractivity contribution in [2.75, 3.05) is 13.7 Å². The van der Waals surface area contributed by atoms with E-state index in [0.717, 1.165) is 0 Å². The highest BCUT2D eigenvalue weighted by atomic mass is 35.5. The molecule has 0 fully saturated rings. The second-order valence-corrected chi connectivity index (χ2v) is 4.88. The van der Waals surface area contributed by atoms with Crippen LogP contribution in [0.3, 0.4) is 0 Å². The van der Waals surface area contributed by atoms with Gasteiger partial charge in [0.15, 0.2) is 0 Å². The summed E-state index contributed by atoms with van der Waals surface area (Å²) >= 11 is 12.4. The number of pyridine rings is 1. The van der Waals surface area contributed by atoms with Gasteiger partial charge in [0.05, 0.1) is 40.8 Å². The van der Waals surface area contributed by atoms with Gasteiger partial charge in [0.2, 0.25) is 0 Å². The molecule has 1 unspecified atom stereocenters. The molecular weight excluding hydrogens is 301 g/mol. The van der Waals surface area contributed by atoms with Crippen LogP contribution in [-0.4, -0.2) is 28.5 Å². The maximum Gasteiger partial charge on any atom is 0.108 e. The Bertz CT molecular complexity index is 575. The highest BCUT2D eigenvalue weighted by Gasteiger charge is 2.24. The fraction of sp³-hybridized carbons (Fsp3) is 0.333. The molecule has 2 aromatic heterocycles. The van der Waals surface area contributed by atoms with Crippen LogP contribution >= 0.6 is 23.2 Å². The van der Waals surface area contributed by atoms with Crippen molar-refractivity contribution >= 4 is 23.2 Å². The van der Waals surface area contributed by atoms with Crippen molar-refractivity contribution in [3.63, 3.8) is 0 Å². The first-order valence-electron chi connectivity index (χ1n) is 5.95. The molecule has 0 aliphatic carbocycles. The number of nitrogens with zero attached hydrogens (tertiary/aromatic N) is 3. The number of nitrogens with one attached hydrogen (secondary N) is 1. The van der Waals surface area contributed by atoms with Crippen LogP contribution in [0.4, 0.5) is 0 Å². The number of methoxy groups -OCH3 is 1. The first-order chi connectivity index (χ1) is 9.69. The molecular formula is C12H15Cl2N5O. The van der Waals surface area contributed by atoms with Gasteiger partial charge < -0.3 is 4.74 Å².